The lowest BCUT2D eigenvalue weighted by atomic mass is 9.93. The van der Waals surface area contributed by atoms with Crippen molar-refractivity contribution in [1.82, 2.24) is 9.62 Å². The second-order valence-electron chi connectivity index (χ2n) is 9.36. The van der Waals surface area contributed by atoms with E-state index >= 15 is 0 Å². The van der Waals surface area contributed by atoms with Crippen molar-refractivity contribution in [2.45, 2.75) is 49.6 Å². The molecule has 0 spiro atoms. The first kappa shape index (κ1) is 28.7. The standard InChI is InChI=1S/C26H38N6O4S/c27-11-7-19-9-13-32(14-10-19)26(34)24(16-20-3-1-4-21(15-20)18-29)31-37(35,36)23-6-2-5-22(17-23)30-25(33)8-12-28/h1-6,15,17,19,24,31H,7-14,16,18,27-29H2,(H,30,33)/t24-/m1/s1. The lowest BCUT2D eigenvalue weighted by Crippen LogP contribution is -2.51. The molecular weight excluding hydrogens is 492 g/mol. The Hall–Kier alpha value is -2.83. The summed E-state index contributed by atoms with van der Waals surface area (Å²) in [5.74, 6) is -0.0983. The minimum atomic E-state index is -4.08. The van der Waals surface area contributed by atoms with Crippen molar-refractivity contribution < 1.29 is 18.0 Å². The van der Waals surface area contributed by atoms with E-state index in [-0.39, 0.29) is 36.1 Å². The van der Waals surface area contributed by atoms with Gasteiger partial charge in [0.15, 0.2) is 0 Å². The fourth-order valence-electron chi connectivity index (χ4n) is 4.55. The van der Waals surface area contributed by atoms with E-state index in [1.54, 1.807) is 11.0 Å². The van der Waals surface area contributed by atoms with Crippen molar-refractivity contribution in [2.24, 2.45) is 23.1 Å². The molecule has 1 aliphatic rings. The van der Waals surface area contributed by atoms with E-state index in [0.717, 1.165) is 30.4 Å². The molecule has 1 heterocycles. The molecule has 0 radical (unpaired) electrons. The third-order valence-corrected chi connectivity index (χ3v) is 8.03. The summed E-state index contributed by atoms with van der Waals surface area (Å²) in [5, 5.41) is 2.64. The van der Waals surface area contributed by atoms with Gasteiger partial charge in [0.25, 0.3) is 0 Å². The predicted molar refractivity (Wildman–Crippen MR) is 144 cm³/mol. The van der Waals surface area contributed by atoms with Crippen LogP contribution in [0.2, 0.25) is 0 Å². The maximum atomic E-state index is 13.6. The molecule has 0 unspecified atom stereocenters. The van der Waals surface area contributed by atoms with Crippen LogP contribution < -0.4 is 27.2 Å². The average Bonchev–Trinajstić information content (AvgIpc) is 2.89. The Bertz CT molecular complexity index is 1170. The molecule has 2 aromatic rings. The SMILES string of the molecule is NCCC(=O)Nc1cccc(S(=O)(=O)N[C@H](Cc2cccc(CN)c2)C(=O)N2CCC(CCN)CC2)c1. The van der Waals surface area contributed by atoms with Crippen LogP contribution in [0, 0.1) is 5.92 Å². The molecule has 202 valence electrons. The summed E-state index contributed by atoms with van der Waals surface area (Å²) < 4.78 is 29.4. The van der Waals surface area contributed by atoms with Gasteiger partial charge in [0.2, 0.25) is 21.8 Å². The Labute approximate surface area is 219 Å². The molecule has 1 saturated heterocycles. The quantitative estimate of drug-likeness (QED) is 0.271. The Balaban J connectivity index is 1.83. The van der Waals surface area contributed by atoms with E-state index in [4.69, 9.17) is 17.2 Å². The number of nitrogens with zero attached hydrogens (tertiary/aromatic N) is 1. The van der Waals surface area contributed by atoms with Crippen molar-refractivity contribution in [3.63, 3.8) is 0 Å². The van der Waals surface area contributed by atoms with Crippen LogP contribution in [0.3, 0.4) is 0 Å². The smallest absolute Gasteiger partial charge is 0.241 e. The Morgan fingerprint density at radius 1 is 0.973 bits per heavy atom. The highest BCUT2D eigenvalue weighted by molar-refractivity contribution is 7.89. The van der Waals surface area contributed by atoms with Gasteiger partial charge < -0.3 is 27.4 Å². The number of amides is 2. The fraction of sp³-hybridized carbons (Fsp3) is 0.462. The minimum absolute atomic E-state index is 0.0480. The molecule has 0 aromatic heterocycles. The van der Waals surface area contributed by atoms with Crippen molar-refractivity contribution >= 4 is 27.5 Å². The van der Waals surface area contributed by atoms with Gasteiger partial charge in [-0.2, -0.15) is 4.72 Å². The largest absolute Gasteiger partial charge is 0.341 e. The number of hydrogen-bond donors (Lipinski definition) is 5. The van der Waals surface area contributed by atoms with Crippen LogP contribution in [-0.2, 0) is 32.6 Å². The number of hydrogen-bond acceptors (Lipinski definition) is 7. The highest BCUT2D eigenvalue weighted by atomic mass is 32.2. The molecule has 0 bridgehead atoms. The minimum Gasteiger partial charge on any atom is -0.341 e. The second-order valence-corrected chi connectivity index (χ2v) is 11.1. The summed E-state index contributed by atoms with van der Waals surface area (Å²) in [7, 11) is -4.08. The fourth-order valence-corrected chi connectivity index (χ4v) is 5.78. The number of rotatable bonds is 12. The first-order valence-electron chi connectivity index (χ1n) is 12.6. The molecule has 1 aliphatic heterocycles. The molecule has 3 rings (SSSR count). The van der Waals surface area contributed by atoms with E-state index in [0.29, 0.717) is 37.8 Å². The molecule has 0 saturated carbocycles. The van der Waals surface area contributed by atoms with Crippen molar-refractivity contribution in [2.75, 3.05) is 31.5 Å². The number of piperidine rings is 1. The number of sulfonamides is 1. The van der Waals surface area contributed by atoms with E-state index in [2.05, 4.69) is 10.0 Å². The molecule has 1 fully saturated rings. The third kappa shape index (κ3) is 8.34. The molecular formula is C26H38N6O4S. The highest BCUT2D eigenvalue weighted by Gasteiger charge is 2.32. The molecule has 8 N–H and O–H groups in total. The summed E-state index contributed by atoms with van der Waals surface area (Å²) in [6.45, 7) is 2.27. The monoisotopic (exact) mass is 530 g/mol. The Kier molecular flexibility index (Phi) is 10.6. The number of nitrogens with one attached hydrogen (secondary N) is 2. The average molecular weight is 531 g/mol. The van der Waals surface area contributed by atoms with Crippen LogP contribution in [0.25, 0.3) is 0 Å². The maximum absolute atomic E-state index is 13.6. The summed E-state index contributed by atoms with van der Waals surface area (Å²) in [4.78, 5) is 27.2. The third-order valence-electron chi connectivity index (χ3n) is 6.56. The number of anilines is 1. The van der Waals surface area contributed by atoms with Crippen LogP contribution in [0.4, 0.5) is 5.69 Å². The van der Waals surface area contributed by atoms with E-state index < -0.39 is 16.1 Å². The summed E-state index contributed by atoms with van der Waals surface area (Å²) in [5.41, 5.74) is 18.9. The van der Waals surface area contributed by atoms with Gasteiger partial charge in [0.05, 0.1) is 4.90 Å². The number of nitrogens with two attached hydrogens (primary N) is 3. The van der Waals surface area contributed by atoms with Crippen molar-refractivity contribution in [3.8, 4) is 0 Å². The number of carbonyl (C=O) groups excluding carboxylic acids is 2. The molecule has 37 heavy (non-hydrogen) atoms. The zero-order chi connectivity index (χ0) is 26.8. The van der Waals surface area contributed by atoms with Gasteiger partial charge in [-0.1, -0.05) is 30.3 Å². The first-order chi connectivity index (χ1) is 17.7. The Morgan fingerprint density at radius 2 is 1.68 bits per heavy atom. The topological polar surface area (TPSA) is 174 Å². The maximum Gasteiger partial charge on any atom is 0.241 e. The van der Waals surface area contributed by atoms with Crippen molar-refractivity contribution in [1.29, 1.82) is 0 Å². The van der Waals surface area contributed by atoms with Crippen LogP contribution in [0.5, 0.6) is 0 Å². The van der Waals surface area contributed by atoms with Gasteiger partial charge in [-0.3, -0.25) is 9.59 Å². The van der Waals surface area contributed by atoms with Crippen LogP contribution in [0.15, 0.2) is 53.4 Å². The van der Waals surface area contributed by atoms with Gasteiger partial charge in [0.1, 0.15) is 6.04 Å². The van der Waals surface area contributed by atoms with Gasteiger partial charge in [-0.05, 0) is 67.5 Å². The molecule has 2 amide bonds. The second kappa shape index (κ2) is 13.6. The highest BCUT2D eigenvalue weighted by Crippen LogP contribution is 2.22. The molecule has 0 aliphatic carbocycles. The summed E-state index contributed by atoms with van der Waals surface area (Å²) in [6, 6.07) is 12.4. The van der Waals surface area contributed by atoms with Crippen molar-refractivity contribution in [3.05, 3.63) is 59.7 Å². The van der Waals surface area contributed by atoms with E-state index in [9.17, 15) is 18.0 Å². The lowest BCUT2D eigenvalue weighted by Gasteiger charge is -2.34. The van der Waals surface area contributed by atoms with Gasteiger partial charge >= 0.3 is 0 Å². The van der Waals surface area contributed by atoms with Gasteiger partial charge in [-0.25, -0.2) is 8.42 Å². The number of benzene rings is 2. The zero-order valence-electron chi connectivity index (χ0n) is 21.1. The molecule has 11 heteroatoms. The van der Waals surface area contributed by atoms with E-state index in [1.165, 1.54) is 18.2 Å². The summed E-state index contributed by atoms with van der Waals surface area (Å²) in [6.07, 6.45) is 2.91. The molecule has 2 aromatic carbocycles. The van der Waals surface area contributed by atoms with Gasteiger partial charge in [0, 0.05) is 38.3 Å². The van der Waals surface area contributed by atoms with E-state index in [1.807, 2.05) is 24.3 Å². The molecule has 1 atom stereocenters. The van der Waals surface area contributed by atoms with Crippen LogP contribution >= 0.6 is 0 Å². The zero-order valence-corrected chi connectivity index (χ0v) is 21.9. The molecule has 10 nitrogen and oxygen atoms in total. The van der Waals surface area contributed by atoms with Gasteiger partial charge in [-0.15, -0.1) is 0 Å². The Morgan fingerprint density at radius 3 is 2.35 bits per heavy atom. The number of likely N-dealkylation sites (tertiary alicyclic amines) is 1. The predicted octanol–water partition coefficient (Wildman–Crippen LogP) is 0.910. The first-order valence-corrected chi connectivity index (χ1v) is 14.1. The summed E-state index contributed by atoms with van der Waals surface area (Å²) >= 11 is 0. The lowest BCUT2D eigenvalue weighted by molar-refractivity contribution is -0.134. The number of carbonyl (C=O) groups is 2. The normalized spacial score (nSPS) is 15.4. The van der Waals surface area contributed by atoms with Crippen LogP contribution in [-0.4, -0.2) is 57.4 Å². The van der Waals surface area contributed by atoms with Crippen LogP contribution in [0.1, 0.15) is 36.8 Å².